The predicted octanol–water partition coefficient (Wildman–Crippen LogP) is 1.98. The maximum absolute atomic E-state index is 5.32. The van der Waals surface area contributed by atoms with Gasteiger partial charge in [0.25, 0.3) is 0 Å². The molecule has 1 aliphatic heterocycles. The molecule has 2 nitrogen and oxygen atoms in total. The van der Waals surface area contributed by atoms with Crippen LogP contribution < -0.4 is 5.32 Å². The Morgan fingerprint density at radius 2 is 2.29 bits per heavy atom. The Hall–Kier alpha value is -0.820. The molecule has 2 heterocycles. The van der Waals surface area contributed by atoms with E-state index in [0.29, 0.717) is 6.04 Å². The molecule has 17 heavy (non-hydrogen) atoms. The fourth-order valence-electron chi connectivity index (χ4n) is 2.28. The number of terminal acetylenes is 1. The van der Waals surface area contributed by atoms with E-state index in [4.69, 9.17) is 6.42 Å². The molecule has 1 fully saturated rings. The maximum atomic E-state index is 5.32. The van der Waals surface area contributed by atoms with Gasteiger partial charge in [0, 0.05) is 19.1 Å². The van der Waals surface area contributed by atoms with Gasteiger partial charge in [0.2, 0.25) is 0 Å². The number of hydrogen-bond donors (Lipinski definition) is 1. The van der Waals surface area contributed by atoms with E-state index in [1.807, 2.05) is 0 Å². The number of piperidine rings is 1. The highest BCUT2D eigenvalue weighted by molar-refractivity contribution is 7.07. The van der Waals surface area contributed by atoms with Crippen LogP contribution >= 0.6 is 11.3 Å². The Kier molecular flexibility index (Phi) is 5.06. The van der Waals surface area contributed by atoms with Crippen molar-refractivity contribution in [2.45, 2.75) is 25.3 Å². The van der Waals surface area contributed by atoms with Gasteiger partial charge in [-0.3, -0.25) is 4.90 Å². The molecule has 0 spiro atoms. The van der Waals surface area contributed by atoms with Crippen LogP contribution in [0.5, 0.6) is 0 Å². The lowest BCUT2D eigenvalue weighted by molar-refractivity contribution is 0.218. The Morgan fingerprint density at radius 1 is 1.47 bits per heavy atom. The van der Waals surface area contributed by atoms with Crippen molar-refractivity contribution in [3.05, 3.63) is 22.4 Å². The Bertz CT molecular complexity index is 345. The van der Waals surface area contributed by atoms with Gasteiger partial charge in [0.05, 0.1) is 6.54 Å². The molecule has 1 N–H and O–H groups in total. The van der Waals surface area contributed by atoms with Crippen molar-refractivity contribution < 1.29 is 0 Å². The summed E-state index contributed by atoms with van der Waals surface area (Å²) in [7, 11) is 0. The first kappa shape index (κ1) is 12.6. The highest BCUT2D eigenvalue weighted by Gasteiger charge is 2.17. The molecule has 0 bridgehead atoms. The van der Waals surface area contributed by atoms with E-state index in [1.54, 1.807) is 11.3 Å². The van der Waals surface area contributed by atoms with Gasteiger partial charge >= 0.3 is 0 Å². The Morgan fingerprint density at radius 3 is 2.94 bits per heavy atom. The number of nitrogens with one attached hydrogen (secondary N) is 1. The number of likely N-dealkylation sites (tertiary alicyclic amines) is 1. The van der Waals surface area contributed by atoms with Crippen LogP contribution in [0.25, 0.3) is 0 Å². The summed E-state index contributed by atoms with van der Waals surface area (Å²) in [6.07, 6.45) is 8.92. The van der Waals surface area contributed by atoms with Crippen LogP contribution in [-0.2, 0) is 6.42 Å². The molecule has 0 radical (unpaired) electrons. The molecule has 1 aliphatic rings. The average Bonchev–Trinajstić information content (AvgIpc) is 2.85. The molecule has 92 valence electrons. The Balaban J connectivity index is 1.60. The fourth-order valence-corrected chi connectivity index (χ4v) is 2.98. The lowest BCUT2D eigenvalue weighted by Gasteiger charge is -2.31. The smallest absolute Gasteiger partial charge is 0.0598 e. The third-order valence-electron chi connectivity index (χ3n) is 3.33. The minimum Gasteiger partial charge on any atom is -0.314 e. The Labute approximate surface area is 108 Å². The van der Waals surface area contributed by atoms with Gasteiger partial charge < -0.3 is 5.32 Å². The molecular formula is C14H20N2S. The van der Waals surface area contributed by atoms with Gasteiger partial charge in [-0.2, -0.15) is 11.3 Å². The van der Waals surface area contributed by atoms with Crippen LogP contribution in [0.1, 0.15) is 18.4 Å². The highest BCUT2D eigenvalue weighted by atomic mass is 32.1. The summed E-state index contributed by atoms with van der Waals surface area (Å²) in [5.74, 6) is 2.72. The van der Waals surface area contributed by atoms with E-state index in [1.165, 1.54) is 18.4 Å². The third-order valence-corrected chi connectivity index (χ3v) is 4.06. The fraction of sp³-hybridized carbons (Fsp3) is 0.571. The first-order chi connectivity index (χ1) is 8.38. The second-order valence-electron chi connectivity index (χ2n) is 4.59. The molecule has 0 aromatic carbocycles. The summed E-state index contributed by atoms with van der Waals surface area (Å²) < 4.78 is 0. The number of rotatable bonds is 5. The molecule has 1 aromatic rings. The van der Waals surface area contributed by atoms with Crippen molar-refractivity contribution in [1.82, 2.24) is 10.2 Å². The predicted molar refractivity (Wildman–Crippen MR) is 74.3 cm³/mol. The lowest BCUT2D eigenvalue weighted by Crippen LogP contribution is -2.43. The van der Waals surface area contributed by atoms with Gasteiger partial charge in [-0.15, -0.1) is 6.42 Å². The molecule has 0 unspecified atom stereocenters. The van der Waals surface area contributed by atoms with E-state index < -0.39 is 0 Å². The van der Waals surface area contributed by atoms with Gasteiger partial charge in [-0.25, -0.2) is 0 Å². The number of thiophene rings is 1. The van der Waals surface area contributed by atoms with Crippen LogP contribution in [0.4, 0.5) is 0 Å². The number of hydrogen-bond acceptors (Lipinski definition) is 3. The molecule has 2 rings (SSSR count). The van der Waals surface area contributed by atoms with Crippen LogP contribution in [0.3, 0.4) is 0 Å². The van der Waals surface area contributed by atoms with Crippen molar-refractivity contribution in [3.63, 3.8) is 0 Å². The zero-order chi connectivity index (χ0) is 11.9. The van der Waals surface area contributed by atoms with Crippen molar-refractivity contribution in [2.24, 2.45) is 0 Å². The van der Waals surface area contributed by atoms with E-state index in [0.717, 1.165) is 32.6 Å². The monoisotopic (exact) mass is 248 g/mol. The van der Waals surface area contributed by atoms with Crippen molar-refractivity contribution in [1.29, 1.82) is 0 Å². The van der Waals surface area contributed by atoms with Crippen LogP contribution in [-0.4, -0.2) is 37.1 Å². The van der Waals surface area contributed by atoms with Crippen LogP contribution in [0.15, 0.2) is 16.8 Å². The van der Waals surface area contributed by atoms with Gasteiger partial charge in [-0.1, -0.05) is 5.92 Å². The quantitative estimate of drug-likeness (QED) is 0.802. The molecule has 1 aromatic heterocycles. The molecule has 0 amide bonds. The molecule has 0 aliphatic carbocycles. The largest absolute Gasteiger partial charge is 0.314 e. The van der Waals surface area contributed by atoms with Gasteiger partial charge in [-0.05, 0) is 48.2 Å². The first-order valence-electron chi connectivity index (χ1n) is 6.29. The molecule has 3 heteroatoms. The van der Waals surface area contributed by atoms with Crippen LogP contribution in [0.2, 0.25) is 0 Å². The topological polar surface area (TPSA) is 15.3 Å². The summed E-state index contributed by atoms with van der Waals surface area (Å²) in [6.45, 7) is 4.18. The average molecular weight is 248 g/mol. The first-order valence-corrected chi connectivity index (χ1v) is 7.23. The minimum absolute atomic E-state index is 0.683. The normalized spacial score (nSPS) is 18.1. The molecule has 0 atom stereocenters. The SMILES string of the molecule is C#CCN1CCC(NCCc2ccsc2)CC1. The summed E-state index contributed by atoms with van der Waals surface area (Å²) in [6, 6.07) is 2.89. The standard InChI is InChI=1S/C14H20N2S/c1-2-8-16-9-4-14(5-10-16)15-7-3-13-6-11-17-12-13/h1,6,11-12,14-15H,3-5,7-10H2. The summed E-state index contributed by atoms with van der Waals surface area (Å²) in [5, 5.41) is 8.03. The van der Waals surface area contributed by atoms with Crippen molar-refractivity contribution in [2.75, 3.05) is 26.2 Å². The van der Waals surface area contributed by atoms with Gasteiger partial charge in [0.1, 0.15) is 0 Å². The highest BCUT2D eigenvalue weighted by Crippen LogP contribution is 2.10. The second-order valence-corrected chi connectivity index (χ2v) is 5.37. The molecular weight excluding hydrogens is 228 g/mol. The maximum Gasteiger partial charge on any atom is 0.0598 e. The van der Waals surface area contributed by atoms with E-state index in [-0.39, 0.29) is 0 Å². The summed E-state index contributed by atoms with van der Waals surface area (Å²) in [4.78, 5) is 2.36. The molecule has 0 saturated carbocycles. The summed E-state index contributed by atoms with van der Waals surface area (Å²) >= 11 is 1.78. The second kappa shape index (κ2) is 6.80. The van der Waals surface area contributed by atoms with Crippen LogP contribution in [0, 0.1) is 12.3 Å². The minimum atomic E-state index is 0.683. The lowest BCUT2D eigenvalue weighted by atomic mass is 10.0. The third kappa shape index (κ3) is 4.16. The summed E-state index contributed by atoms with van der Waals surface area (Å²) in [5.41, 5.74) is 1.45. The van der Waals surface area contributed by atoms with E-state index in [9.17, 15) is 0 Å². The number of nitrogens with zero attached hydrogens (tertiary/aromatic N) is 1. The van der Waals surface area contributed by atoms with E-state index >= 15 is 0 Å². The van der Waals surface area contributed by atoms with Crippen molar-refractivity contribution >= 4 is 11.3 Å². The zero-order valence-corrected chi connectivity index (χ0v) is 11.0. The van der Waals surface area contributed by atoms with E-state index in [2.05, 4.69) is 33.0 Å². The van der Waals surface area contributed by atoms with Crippen molar-refractivity contribution in [3.8, 4) is 12.3 Å². The van der Waals surface area contributed by atoms with Gasteiger partial charge in [0.15, 0.2) is 0 Å². The zero-order valence-electron chi connectivity index (χ0n) is 10.2. The molecule has 1 saturated heterocycles.